The van der Waals surface area contributed by atoms with Crippen molar-refractivity contribution in [3.63, 3.8) is 0 Å². The third-order valence-electron chi connectivity index (χ3n) is 3.53. The number of fused-ring (bicyclic) bond motifs is 1. The van der Waals surface area contributed by atoms with E-state index in [4.69, 9.17) is 33.7 Å². The maximum atomic E-state index is 12.0. The number of carbonyl (C=O) groups excluding carboxylic acids is 1. The van der Waals surface area contributed by atoms with Crippen molar-refractivity contribution in [2.45, 2.75) is 19.8 Å². The first-order chi connectivity index (χ1) is 9.90. The predicted octanol–water partition coefficient (Wildman–Crippen LogP) is 3.70. The van der Waals surface area contributed by atoms with Gasteiger partial charge in [-0.2, -0.15) is 0 Å². The molecule has 0 aliphatic carbocycles. The molecule has 1 unspecified atom stereocenters. The minimum absolute atomic E-state index is 0.0391. The van der Waals surface area contributed by atoms with E-state index in [1.807, 2.05) is 13.8 Å². The van der Waals surface area contributed by atoms with Crippen LogP contribution in [0, 0.1) is 6.92 Å². The lowest BCUT2D eigenvalue weighted by Crippen LogP contribution is -2.17. The van der Waals surface area contributed by atoms with Crippen LogP contribution in [0.2, 0.25) is 10.0 Å². The molecule has 112 valence electrons. The Balaban J connectivity index is 2.90. The second-order valence-corrected chi connectivity index (χ2v) is 5.75. The van der Waals surface area contributed by atoms with Crippen LogP contribution >= 0.6 is 23.2 Å². The lowest BCUT2D eigenvalue weighted by Gasteiger charge is -2.18. The number of methoxy groups -OCH3 is 1. The summed E-state index contributed by atoms with van der Waals surface area (Å²) in [4.78, 5) is 16.4. The largest absolute Gasteiger partial charge is 0.464 e. The summed E-state index contributed by atoms with van der Waals surface area (Å²) in [5.41, 5.74) is 8.23. The highest BCUT2D eigenvalue weighted by Crippen LogP contribution is 2.34. The van der Waals surface area contributed by atoms with Gasteiger partial charge in [0.25, 0.3) is 0 Å². The summed E-state index contributed by atoms with van der Waals surface area (Å²) >= 11 is 12.3. The average molecular weight is 327 g/mol. The molecule has 0 fully saturated rings. The van der Waals surface area contributed by atoms with Crippen LogP contribution in [0.15, 0.2) is 12.1 Å². The lowest BCUT2D eigenvalue weighted by atomic mass is 9.92. The Morgan fingerprint density at radius 2 is 2.10 bits per heavy atom. The number of benzene rings is 1. The van der Waals surface area contributed by atoms with Gasteiger partial charge >= 0.3 is 5.97 Å². The predicted molar refractivity (Wildman–Crippen MR) is 85.3 cm³/mol. The molecule has 4 nitrogen and oxygen atoms in total. The zero-order valence-electron chi connectivity index (χ0n) is 12.0. The molecule has 0 aliphatic heterocycles. The molecule has 1 aromatic carbocycles. The van der Waals surface area contributed by atoms with Crippen molar-refractivity contribution in [2.75, 3.05) is 13.7 Å². The van der Waals surface area contributed by atoms with E-state index in [2.05, 4.69) is 4.98 Å². The summed E-state index contributed by atoms with van der Waals surface area (Å²) in [5, 5.41) is 1.75. The Hall–Kier alpha value is -1.36. The summed E-state index contributed by atoms with van der Waals surface area (Å²) < 4.78 is 4.83. The van der Waals surface area contributed by atoms with Crippen molar-refractivity contribution in [1.29, 1.82) is 0 Å². The molecule has 2 aromatic rings. The Bertz CT molecular complexity index is 717. The highest BCUT2D eigenvalue weighted by Gasteiger charge is 2.23. The van der Waals surface area contributed by atoms with Gasteiger partial charge in [0, 0.05) is 10.4 Å². The number of nitrogens with zero attached hydrogens (tertiary/aromatic N) is 1. The normalized spacial score (nSPS) is 12.5. The molecule has 2 rings (SSSR count). The smallest absolute Gasteiger partial charge is 0.356 e. The van der Waals surface area contributed by atoms with Crippen LogP contribution in [0.3, 0.4) is 0 Å². The molecule has 0 saturated heterocycles. The Labute approximate surface area is 133 Å². The number of nitrogens with two attached hydrogens (primary N) is 1. The molecule has 0 saturated carbocycles. The van der Waals surface area contributed by atoms with Gasteiger partial charge in [0.05, 0.1) is 17.6 Å². The highest BCUT2D eigenvalue weighted by molar-refractivity contribution is 6.38. The van der Waals surface area contributed by atoms with Gasteiger partial charge in [0.2, 0.25) is 0 Å². The van der Waals surface area contributed by atoms with E-state index in [0.29, 0.717) is 22.1 Å². The van der Waals surface area contributed by atoms with E-state index >= 15 is 0 Å². The number of carbonyl (C=O) groups is 1. The summed E-state index contributed by atoms with van der Waals surface area (Å²) in [6.07, 6.45) is 0. The maximum Gasteiger partial charge on any atom is 0.356 e. The van der Waals surface area contributed by atoms with Crippen molar-refractivity contribution in [1.82, 2.24) is 4.98 Å². The van der Waals surface area contributed by atoms with E-state index in [9.17, 15) is 4.79 Å². The molecule has 1 atom stereocenters. The number of pyridine rings is 1. The van der Waals surface area contributed by atoms with E-state index in [1.54, 1.807) is 12.1 Å². The Kier molecular flexibility index (Phi) is 4.71. The fraction of sp³-hybridized carbons (Fsp3) is 0.333. The number of hydrogen-bond acceptors (Lipinski definition) is 4. The molecule has 21 heavy (non-hydrogen) atoms. The molecule has 2 N–H and O–H groups in total. The van der Waals surface area contributed by atoms with Crippen LogP contribution in [0.4, 0.5) is 0 Å². The fourth-order valence-electron chi connectivity index (χ4n) is 2.49. The van der Waals surface area contributed by atoms with Crippen molar-refractivity contribution in [3.8, 4) is 0 Å². The monoisotopic (exact) mass is 326 g/mol. The summed E-state index contributed by atoms with van der Waals surface area (Å²) in [5.74, 6) is -0.533. The first kappa shape index (κ1) is 16.0. The van der Waals surface area contributed by atoms with Gasteiger partial charge in [-0.3, -0.25) is 0 Å². The zero-order chi connectivity index (χ0) is 15.7. The third-order valence-corrected chi connectivity index (χ3v) is 4.04. The summed E-state index contributed by atoms with van der Waals surface area (Å²) in [7, 11) is 1.32. The van der Waals surface area contributed by atoms with Gasteiger partial charge in [0.15, 0.2) is 5.69 Å². The number of esters is 1. The van der Waals surface area contributed by atoms with E-state index in [-0.39, 0.29) is 11.6 Å². The average Bonchev–Trinajstić information content (AvgIpc) is 2.44. The fourth-order valence-corrected chi connectivity index (χ4v) is 3.11. The molecule has 0 radical (unpaired) electrons. The third kappa shape index (κ3) is 2.84. The summed E-state index contributed by atoms with van der Waals surface area (Å²) in [6.45, 7) is 4.23. The molecule has 0 amide bonds. The molecule has 0 spiro atoms. The summed E-state index contributed by atoms with van der Waals surface area (Å²) in [6, 6.07) is 3.34. The molecular weight excluding hydrogens is 311 g/mol. The molecule has 0 aliphatic rings. The number of ether oxygens (including phenoxy) is 1. The van der Waals surface area contributed by atoms with Gasteiger partial charge in [-0.1, -0.05) is 30.1 Å². The number of halogens is 2. The van der Waals surface area contributed by atoms with Crippen molar-refractivity contribution in [2.24, 2.45) is 5.73 Å². The minimum Gasteiger partial charge on any atom is -0.464 e. The van der Waals surface area contributed by atoms with Gasteiger partial charge in [-0.15, -0.1) is 0 Å². The molecule has 0 bridgehead atoms. The van der Waals surface area contributed by atoms with E-state index in [1.165, 1.54) is 7.11 Å². The SMILES string of the molecule is COC(=O)c1nc2cc(Cl)cc(Cl)c2c(C)c1C(C)CN. The van der Waals surface area contributed by atoms with Gasteiger partial charge in [-0.25, -0.2) is 9.78 Å². The van der Waals surface area contributed by atoms with Crippen LogP contribution in [-0.2, 0) is 4.74 Å². The zero-order valence-corrected chi connectivity index (χ0v) is 13.5. The number of rotatable bonds is 3. The number of aromatic nitrogens is 1. The number of aryl methyl sites for hydroxylation is 1. The van der Waals surface area contributed by atoms with E-state index in [0.717, 1.165) is 16.5 Å². The molecule has 6 heteroatoms. The quantitative estimate of drug-likeness (QED) is 0.873. The first-order valence-electron chi connectivity index (χ1n) is 6.48. The topological polar surface area (TPSA) is 65.2 Å². The molecule has 1 heterocycles. The highest BCUT2D eigenvalue weighted by atomic mass is 35.5. The van der Waals surface area contributed by atoms with Crippen LogP contribution in [-0.4, -0.2) is 24.6 Å². The Morgan fingerprint density at radius 3 is 2.67 bits per heavy atom. The minimum atomic E-state index is -0.494. The van der Waals surface area contributed by atoms with Crippen molar-refractivity contribution < 1.29 is 9.53 Å². The van der Waals surface area contributed by atoms with E-state index < -0.39 is 5.97 Å². The van der Waals surface area contributed by atoms with Crippen LogP contribution in [0.5, 0.6) is 0 Å². The standard InChI is InChI=1S/C15H16Cl2N2O2/c1-7(6-18)12-8(2)13-10(17)4-9(16)5-11(13)19-14(12)15(20)21-3/h4-5,7H,6,18H2,1-3H3. The van der Waals surface area contributed by atoms with Crippen LogP contribution < -0.4 is 5.73 Å². The van der Waals surface area contributed by atoms with Gasteiger partial charge in [-0.05, 0) is 42.6 Å². The van der Waals surface area contributed by atoms with Crippen LogP contribution in [0.25, 0.3) is 10.9 Å². The van der Waals surface area contributed by atoms with Crippen molar-refractivity contribution >= 4 is 40.1 Å². The number of hydrogen-bond donors (Lipinski definition) is 1. The Morgan fingerprint density at radius 1 is 1.43 bits per heavy atom. The molecular formula is C15H16Cl2N2O2. The van der Waals surface area contributed by atoms with Crippen molar-refractivity contribution in [3.05, 3.63) is 39.0 Å². The second-order valence-electron chi connectivity index (χ2n) is 4.91. The second kappa shape index (κ2) is 6.18. The van der Waals surface area contributed by atoms with Gasteiger partial charge < -0.3 is 10.5 Å². The van der Waals surface area contributed by atoms with Gasteiger partial charge in [0.1, 0.15) is 0 Å². The van der Waals surface area contributed by atoms with Crippen LogP contribution in [0.1, 0.15) is 34.5 Å². The first-order valence-corrected chi connectivity index (χ1v) is 7.23. The lowest BCUT2D eigenvalue weighted by molar-refractivity contribution is 0.0592. The maximum absolute atomic E-state index is 12.0. The molecule has 1 aromatic heterocycles.